The Hall–Kier alpha value is -2.41. The molecule has 0 atom stereocenters. The van der Waals surface area contributed by atoms with E-state index in [0.29, 0.717) is 5.56 Å². The van der Waals surface area contributed by atoms with Gasteiger partial charge in [0.2, 0.25) is 0 Å². The van der Waals surface area contributed by atoms with Gasteiger partial charge in [-0.25, -0.2) is 0 Å². The van der Waals surface area contributed by atoms with Crippen LogP contribution in [0.25, 0.3) is 10.8 Å². The van der Waals surface area contributed by atoms with E-state index in [4.69, 9.17) is 4.74 Å². The lowest BCUT2D eigenvalue weighted by Crippen LogP contribution is -2.31. The van der Waals surface area contributed by atoms with E-state index < -0.39 is 5.97 Å². The van der Waals surface area contributed by atoms with E-state index in [-0.39, 0.29) is 19.1 Å². The van der Waals surface area contributed by atoms with E-state index in [1.54, 1.807) is 12.1 Å². The highest BCUT2D eigenvalue weighted by Gasteiger charge is 2.11. The number of carbonyl (C=O) groups excluding carboxylic acids is 2. The number of carbonyl (C=O) groups is 2. The molecule has 0 bridgehead atoms. The average molecular weight is 445 g/mol. The van der Waals surface area contributed by atoms with E-state index in [1.165, 1.54) is 0 Å². The minimum Gasteiger partial charge on any atom is -0.459 e. The van der Waals surface area contributed by atoms with Gasteiger partial charge in [-0.2, -0.15) is 0 Å². The number of halogens is 1. The molecule has 4 nitrogen and oxygen atoms in total. The molecule has 0 spiro atoms. The molecule has 0 heterocycles. The predicted molar refractivity (Wildman–Crippen MR) is 105 cm³/mol. The Morgan fingerprint density at radius 1 is 0.920 bits per heavy atom. The highest BCUT2D eigenvalue weighted by Crippen LogP contribution is 2.19. The SMILES string of the molecule is O=C(CNC(=O)c1ccccc1I)OCc1cccc2ccccc12. The Bertz CT molecular complexity index is 918. The fourth-order valence-corrected chi connectivity index (χ4v) is 3.15. The van der Waals surface area contributed by atoms with Crippen LogP contribution in [-0.2, 0) is 16.1 Å². The predicted octanol–water partition coefficient (Wildman–Crippen LogP) is 3.92. The number of ether oxygens (including phenoxy) is 1. The second kappa shape index (κ2) is 8.11. The van der Waals surface area contributed by atoms with Gasteiger partial charge in [-0.15, -0.1) is 0 Å². The highest BCUT2D eigenvalue weighted by atomic mass is 127. The molecule has 126 valence electrons. The maximum absolute atomic E-state index is 12.1. The van der Waals surface area contributed by atoms with Crippen LogP contribution in [0.1, 0.15) is 15.9 Å². The zero-order valence-corrected chi connectivity index (χ0v) is 15.5. The Labute approximate surface area is 159 Å². The summed E-state index contributed by atoms with van der Waals surface area (Å²) in [6.07, 6.45) is 0. The summed E-state index contributed by atoms with van der Waals surface area (Å²) < 4.78 is 6.13. The third-order valence-corrected chi connectivity index (χ3v) is 4.72. The van der Waals surface area contributed by atoms with E-state index >= 15 is 0 Å². The van der Waals surface area contributed by atoms with Crippen molar-refractivity contribution >= 4 is 45.2 Å². The number of rotatable bonds is 5. The van der Waals surface area contributed by atoms with Crippen LogP contribution in [0.15, 0.2) is 66.7 Å². The van der Waals surface area contributed by atoms with Crippen LogP contribution < -0.4 is 5.32 Å². The molecule has 0 saturated heterocycles. The molecule has 5 heteroatoms. The molecule has 0 aliphatic rings. The molecule has 0 aliphatic carbocycles. The van der Waals surface area contributed by atoms with Crippen molar-refractivity contribution in [1.29, 1.82) is 0 Å². The van der Waals surface area contributed by atoms with Crippen LogP contribution in [0.2, 0.25) is 0 Å². The Morgan fingerprint density at radius 2 is 1.64 bits per heavy atom. The standard InChI is InChI=1S/C20H16INO3/c21-18-11-4-3-10-17(18)20(24)22-12-19(23)25-13-15-8-5-7-14-6-1-2-9-16(14)15/h1-11H,12-13H2,(H,22,24). The molecule has 0 radical (unpaired) electrons. The second-order valence-corrected chi connectivity index (χ2v) is 6.62. The summed E-state index contributed by atoms with van der Waals surface area (Å²) in [5.74, 6) is -0.751. The lowest BCUT2D eigenvalue weighted by molar-refractivity contribution is -0.143. The molecule has 1 N–H and O–H groups in total. The van der Waals surface area contributed by atoms with Crippen molar-refractivity contribution in [3.8, 4) is 0 Å². The third kappa shape index (κ3) is 4.36. The summed E-state index contributed by atoms with van der Waals surface area (Å²) in [6.45, 7) is 0.0213. The van der Waals surface area contributed by atoms with Gasteiger partial charge in [0.15, 0.2) is 0 Å². The largest absolute Gasteiger partial charge is 0.459 e. The molecule has 3 rings (SSSR count). The Balaban J connectivity index is 1.56. The summed E-state index contributed by atoms with van der Waals surface area (Å²) in [5.41, 5.74) is 1.49. The average Bonchev–Trinajstić information content (AvgIpc) is 2.64. The first-order chi connectivity index (χ1) is 12.1. The van der Waals surface area contributed by atoms with Crippen molar-refractivity contribution in [3.63, 3.8) is 0 Å². The van der Waals surface area contributed by atoms with Crippen LogP contribution >= 0.6 is 22.6 Å². The smallest absolute Gasteiger partial charge is 0.325 e. The number of amides is 1. The summed E-state index contributed by atoms with van der Waals surface area (Å²) in [5, 5.41) is 4.75. The maximum atomic E-state index is 12.1. The molecule has 0 fully saturated rings. The molecule has 0 aliphatic heterocycles. The highest BCUT2D eigenvalue weighted by molar-refractivity contribution is 14.1. The molecule has 0 unspecified atom stereocenters. The maximum Gasteiger partial charge on any atom is 0.325 e. The van der Waals surface area contributed by atoms with Crippen LogP contribution in [0.3, 0.4) is 0 Å². The first kappa shape index (κ1) is 17.4. The fraction of sp³-hybridized carbons (Fsp3) is 0.100. The quantitative estimate of drug-likeness (QED) is 0.479. The van der Waals surface area contributed by atoms with Crippen LogP contribution in [0.4, 0.5) is 0 Å². The third-order valence-electron chi connectivity index (χ3n) is 3.78. The minimum atomic E-state index is -0.466. The van der Waals surface area contributed by atoms with Crippen LogP contribution in [-0.4, -0.2) is 18.4 Å². The van der Waals surface area contributed by atoms with Crippen LogP contribution in [0.5, 0.6) is 0 Å². The van der Waals surface area contributed by atoms with Gasteiger partial charge < -0.3 is 10.1 Å². The van der Waals surface area contributed by atoms with E-state index in [2.05, 4.69) is 27.9 Å². The topological polar surface area (TPSA) is 55.4 Å². The molecule has 0 saturated carbocycles. The molecule has 3 aromatic rings. The zero-order chi connectivity index (χ0) is 17.6. The van der Waals surface area contributed by atoms with Crippen LogP contribution in [0, 0.1) is 3.57 Å². The van der Waals surface area contributed by atoms with Gasteiger partial charge in [0.05, 0.1) is 5.56 Å². The fourth-order valence-electron chi connectivity index (χ4n) is 2.52. The molecule has 1 amide bonds. The number of hydrogen-bond acceptors (Lipinski definition) is 3. The molecule has 3 aromatic carbocycles. The lowest BCUT2D eigenvalue weighted by Gasteiger charge is -2.09. The van der Waals surface area contributed by atoms with Gasteiger partial charge in [0, 0.05) is 3.57 Å². The minimum absolute atomic E-state index is 0.158. The summed E-state index contributed by atoms with van der Waals surface area (Å²) in [7, 11) is 0. The van der Waals surface area contributed by atoms with Crippen molar-refractivity contribution in [2.45, 2.75) is 6.61 Å². The monoisotopic (exact) mass is 445 g/mol. The van der Waals surface area contributed by atoms with Gasteiger partial charge in [-0.3, -0.25) is 9.59 Å². The number of fused-ring (bicyclic) bond motifs is 1. The number of nitrogens with one attached hydrogen (secondary N) is 1. The van der Waals surface area contributed by atoms with Crippen molar-refractivity contribution < 1.29 is 14.3 Å². The summed E-state index contributed by atoms with van der Waals surface area (Å²) in [6, 6.07) is 21.0. The lowest BCUT2D eigenvalue weighted by atomic mass is 10.1. The Morgan fingerprint density at radius 3 is 2.48 bits per heavy atom. The first-order valence-corrected chi connectivity index (χ1v) is 8.88. The number of esters is 1. The van der Waals surface area contributed by atoms with Crippen molar-refractivity contribution in [1.82, 2.24) is 5.32 Å². The zero-order valence-electron chi connectivity index (χ0n) is 13.4. The van der Waals surface area contributed by atoms with Crippen molar-refractivity contribution in [2.24, 2.45) is 0 Å². The number of benzene rings is 3. The molecular weight excluding hydrogens is 429 g/mol. The van der Waals surface area contributed by atoms with E-state index in [9.17, 15) is 9.59 Å². The normalized spacial score (nSPS) is 10.4. The molecule has 25 heavy (non-hydrogen) atoms. The first-order valence-electron chi connectivity index (χ1n) is 7.80. The molecular formula is C20H16INO3. The summed E-state index contributed by atoms with van der Waals surface area (Å²) in [4.78, 5) is 24.0. The summed E-state index contributed by atoms with van der Waals surface area (Å²) >= 11 is 2.09. The molecule has 0 aromatic heterocycles. The Kier molecular flexibility index (Phi) is 5.65. The van der Waals surface area contributed by atoms with E-state index in [0.717, 1.165) is 19.9 Å². The van der Waals surface area contributed by atoms with Crippen molar-refractivity contribution in [3.05, 3.63) is 81.4 Å². The van der Waals surface area contributed by atoms with Gasteiger partial charge in [0.1, 0.15) is 13.2 Å². The second-order valence-electron chi connectivity index (χ2n) is 5.46. The number of hydrogen-bond donors (Lipinski definition) is 1. The van der Waals surface area contributed by atoms with Crippen molar-refractivity contribution in [2.75, 3.05) is 6.54 Å². The van der Waals surface area contributed by atoms with E-state index in [1.807, 2.05) is 54.6 Å². The van der Waals surface area contributed by atoms with Gasteiger partial charge >= 0.3 is 5.97 Å². The van der Waals surface area contributed by atoms with Gasteiger partial charge in [-0.05, 0) is 51.1 Å². The van der Waals surface area contributed by atoms with Gasteiger partial charge in [-0.1, -0.05) is 54.6 Å². The van der Waals surface area contributed by atoms with Gasteiger partial charge in [0.25, 0.3) is 5.91 Å².